The van der Waals surface area contributed by atoms with Gasteiger partial charge in [-0.25, -0.2) is 9.67 Å². The molecule has 3 aromatic rings. The topological polar surface area (TPSA) is 94.0 Å². The highest BCUT2D eigenvalue weighted by Crippen LogP contribution is 2.27. The van der Waals surface area contributed by atoms with Gasteiger partial charge >= 0.3 is 6.18 Å². The number of morpholine rings is 1. The maximum Gasteiger partial charge on any atom is 0.434 e. The van der Waals surface area contributed by atoms with Crippen molar-refractivity contribution in [2.75, 3.05) is 25.0 Å². The molecular formula is C19H18ClF3N6O2. The van der Waals surface area contributed by atoms with Gasteiger partial charge in [0, 0.05) is 25.0 Å². The molecule has 0 radical (unpaired) electrons. The summed E-state index contributed by atoms with van der Waals surface area (Å²) in [5.74, 6) is -0.598. The van der Waals surface area contributed by atoms with Crippen LogP contribution in [0.1, 0.15) is 27.7 Å². The van der Waals surface area contributed by atoms with Crippen LogP contribution in [0.4, 0.5) is 18.9 Å². The average molecular weight is 455 g/mol. The van der Waals surface area contributed by atoms with Crippen LogP contribution in [0, 0.1) is 0 Å². The summed E-state index contributed by atoms with van der Waals surface area (Å²) in [6.07, 6.45) is -0.372. The van der Waals surface area contributed by atoms with E-state index < -0.39 is 17.8 Å². The molecule has 1 fully saturated rings. The Kier molecular flexibility index (Phi) is 6.88. The summed E-state index contributed by atoms with van der Waals surface area (Å²) in [5, 5.41) is 9.89. The van der Waals surface area contributed by atoms with Crippen molar-refractivity contribution in [3.05, 3.63) is 65.9 Å². The van der Waals surface area contributed by atoms with Gasteiger partial charge in [0.15, 0.2) is 11.5 Å². The quantitative estimate of drug-likeness (QED) is 0.629. The van der Waals surface area contributed by atoms with Crippen LogP contribution in [-0.4, -0.2) is 45.4 Å². The molecule has 0 saturated carbocycles. The third kappa shape index (κ3) is 5.37. The van der Waals surface area contributed by atoms with Gasteiger partial charge in [0.1, 0.15) is 0 Å². The Morgan fingerprint density at radius 2 is 1.97 bits per heavy atom. The predicted molar refractivity (Wildman–Crippen MR) is 107 cm³/mol. The Morgan fingerprint density at radius 1 is 1.19 bits per heavy atom. The monoisotopic (exact) mass is 454 g/mol. The van der Waals surface area contributed by atoms with E-state index in [0.29, 0.717) is 18.5 Å². The highest BCUT2D eigenvalue weighted by atomic mass is 35.5. The maximum absolute atomic E-state index is 12.8. The smallest absolute Gasteiger partial charge is 0.371 e. The number of hydrogen-bond donors (Lipinski definition) is 2. The van der Waals surface area contributed by atoms with Crippen molar-refractivity contribution in [3.8, 4) is 5.82 Å². The lowest BCUT2D eigenvalue weighted by molar-refractivity contribution is -0.141. The van der Waals surface area contributed by atoms with Gasteiger partial charge < -0.3 is 15.4 Å². The van der Waals surface area contributed by atoms with Crippen LogP contribution in [0.15, 0.2) is 49.1 Å². The first-order valence-electron chi connectivity index (χ1n) is 9.08. The largest absolute Gasteiger partial charge is 0.434 e. The SMILES string of the molecule is Cl.O=C(Nc1ccc(C2CNCCO2)cc1)c1cnn(-c2cncc(C(F)(F)F)n2)c1. The van der Waals surface area contributed by atoms with Crippen LogP contribution >= 0.6 is 12.4 Å². The molecule has 164 valence electrons. The molecule has 1 aliphatic rings. The van der Waals surface area contributed by atoms with Crippen molar-refractivity contribution < 1.29 is 22.7 Å². The second kappa shape index (κ2) is 9.41. The van der Waals surface area contributed by atoms with E-state index >= 15 is 0 Å². The zero-order valence-corrected chi connectivity index (χ0v) is 16.8. The average Bonchev–Trinajstić information content (AvgIpc) is 3.25. The lowest BCUT2D eigenvalue weighted by Gasteiger charge is -2.24. The predicted octanol–water partition coefficient (Wildman–Crippen LogP) is 3.02. The van der Waals surface area contributed by atoms with Crippen LogP contribution in [0.5, 0.6) is 0 Å². The fraction of sp³-hybridized carbons (Fsp3) is 0.263. The molecule has 1 saturated heterocycles. The van der Waals surface area contributed by atoms with Gasteiger partial charge in [-0.3, -0.25) is 9.78 Å². The molecule has 1 amide bonds. The molecule has 1 aromatic carbocycles. The number of nitrogens with zero attached hydrogens (tertiary/aromatic N) is 4. The van der Waals surface area contributed by atoms with Crippen molar-refractivity contribution in [2.24, 2.45) is 0 Å². The highest BCUT2D eigenvalue weighted by Gasteiger charge is 2.33. The number of carbonyl (C=O) groups is 1. The summed E-state index contributed by atoms with van der Waals surface area (Å²) < 4.78 is 45.1. The minimum Gasteiger partial charge on any atom is -0.371 e. The fourth-order valence-corrected chi connectivity index (χ4v) is 2.93. The lowest BCUT2D eigenvalue weighted by atomic mass is 10.1. The summed E-state index contributed by atoms with van der Waals surface area (Å²) in [6, 6.07) is 7.26. The summed E-state index contributed by atoms with van der Waals surface area (Å²) in [5.41, 5.74) is 0.590. The van der Waals surface area contributed by atoms with E-state index in [4.69, 9.17) is 4.74 Å². The van der Waals surface area contributed by atoms with Gasteiger partial charge in [0.05, 0.1) is 36.9 Å². The Bertz CT molecular complexity index is 1040. The molecule has 1 aliphatic heterocycles. The number of hydrogen-bond acceptors (Lipinski definition) is 6. The summed E-state index contributed by atoms with van der Waals surface area (Å²) in [6.45, 7) is 2.19. The van der Waals surface area contributed by atoms with Crippen LogP contribution < -0.4 is 10.6 Å². The standard InChI is InChI=1S/C19H17F3N6O2.ClH/c20-19(21,22)16-9-24-10-17(27-16)28-11-13(7-25-28)18(29)26-14-3-1-12(2-4-14)15-8-23-5-6-30-15;/h1-4,7,9-11,15,23H,5-6,8H2,(H,26,29);1H. The van der Waals surface area contributed by atoms with Crippen LogP contribution in [0.3, 0.4) is 0 Å². The zero-order chi connectivity index (χ0) is 21.1. The minimum absolute atomic E-state index is 0. The first kappa shape index (κ1) is 22.7. The number of benzene rings is 1. The number of ether oxygens (including phenoxy) is 1. The molecule has 3 heterocycles. The Hall–Kier alpha value is -3.02. The zero-order valence-electron chi connectivity index (χ0n) is 16.0. The van der Waals surface area contributed by atoms with Gasteiger partial charge in [0.25, 0.3) is 5.91 Å². The van der Waals surface area contributed by atoms with Crippen molar-refractivity contribution in [1.29, 1.82) is 0 Å². The van der Waals surface area contributed by atoms with Gasteiger partial charge in [0.2, 0.25) is 0 Å². The van der Waals surface area contributed by atoms with E-state index in [1.54, 1.807) is 12.1 Å². The van der Waals surface area contributed by atoms with E-state index in [1.165, 1.54) is 12.4 Å². The summed E-state index contributed by atoms with van der Waals surface area (Å²) in [7, 11) is 0. The van der Waals surface area contributed by atoms with E-state index in [-0.39, 0.29) is 29.9 Å². The lowest BCUT2D eigenvalue weighted by Crippen LogP contribution is -2.33. The summed E-state index contributed by atoms with van der Waals surface area (Å²) >= 11 is 0. The van der Waals surface area contributed by atoms with Crippen LogP contribution in [-0.2, 0) is 10.9 Å². The molecule has 12 heteroatoms. The molecule has 1 atom stereocenters. The number of amides is 1. The number of anilines is 1. The van der Waals surface area contributed by atoms with E-state index in [1.807, 2.05) is 12.1 Å². The third-order valence-electron chi connectivity index (χ3n) is 4.46. The number of nitrogens with one attached hydrogen (secondary N) is 2. The Morgan fingerprint density at radius 3 is 2.65 bits per heavy atom. The van der Waals surface area contributed by atoms with E-state index in [9.17, 15) is 18.0 Å². The van der Waals surface area contributed by atoms with E-state index in [0.717, 1.165) is 29.5 Å². The molecule has 4 rings (SSSR count). The fourth-order valence-electron chi connectivity index (χ4n) is 2.93. The molecule has 0 aliphatic carbocycles. The molecule has 31 heavy (non-hydrogen) atoms. The van der Waals surface area contributed by atoms with Gasteiger partial charge in [-0.2, -0.15) is 18.3 Å². The van der Waals surface area contributed by atoms with Crippen molar-refractivity contribution in [2.45, 2.75) is 12.3 Å². The maximum atomic E-state index is 12.8. The first-order chi connectivity index (χ1) is 14.4. The molecule has 0 spiro atoms. The summed E-state index contributed by atoms with van der Waals surface area (Å²) in [4.78, 5) is 19.5. The number of carbonyl (C=O) groups excluding carboxylic acids is 1. The first-order valence-corrected chi connectivity index (χ1v) is 9.08. The number of aromatic nitrogens is 4. The normalized spacial score (nSPS) is 16.4. The van der Waals surface area contributed by atoms with Gasteiger partial charge in [-0.05, 0) is 17.7 Å². The number of halogens is 4. The van der Waals surface area contributed by atoms with Gasteiger partial charge in [-0.15, -0.1) is 12.4 Å². The molecule has 0 bridgehead atoms. The van der Waals surface area contributed by atoms with Crippen molar-refractivity contribution in [1.82, 2.24) is 25.1 Å². The molecule has 2 aromatic heterocycles. The highest BCUT2D eigenvalue weighted by molar-refractivity contribution is 6.03. The molecule has 1 unspecified atom stereocenters. The Labute approximate surface area is 181 Å². The van der Waals surface area contributed by atoms with E-state index in [2.05, 4.69) is 25.7 Å². The number of alkyl halides is 3. The number of rotatable bonds is 4. The second-order valence-corrected chi connectivity index (χ2v) is 6.57. The molecule has 2 N–H and O–H groups in total. The Balaban J connectivity index is 0.00000272. The van der Waals surface area contributed by atoms with Crippen molar-refractivity contribution in [3.63, 3.8) is 0 Å². The van der Waals surface area contributed by atoms with Crippen LogP contribution in [0.2, 0.25) is 0 Å². The molecular weight excluding hydrogens is 437 g/mol. The van der Waals surface area contributed by atoms with Gasteiger partial charge in [-0.1, -0.05) is 12.1 Å². The van der Waals surface area contributed by atoms with Crippen LogP contribution in [0.25, 0.3) is 5.82 Å². The van der Waals surface area contributed by atoms with Crippen molar-refractivity contribution >= 4 is 24.0 Å². The molecule has 8 nitrogen and oxygen atoms in total. The third-order valence-corrected chi connectivity index (χ3v) is 4.46. The second-order valence-electron chi connectivity index (χ2n) is 6.57. The minimum atomic E-state index is -4.62.